The lowest BCUT2D eigenvalue weighted by Crippen LogP contribution is -2.29. The van der Waals surface area contributed by atoms with E-state index in [0.717, 1.165) is 71.9 Å². The molecule has 0 saturated heterocycles. The number of para-hydroxylation sites is 1. The van der Waals surface area contributed by atoms with Crippen molar-refractivity contribution in [2.75, 3.05) is 4.90 Å². The molecule has 0 fully saturated rings. The number of benzene rings is 5. The van der Waals surface area contributed by atoms with Crippen molar-refractivity contribution in [2.24, 2.45) is 0 Å². The van der Waals surface area contributed by atoms with E-state index in [9.17, 15) is 0 Å². The molecule has 0 N–H and O–H groups in total. The van der Waals surface area contributed by atoms with E-state index in [4.69, 9.17) is 17.6 Å². The van der Waals surface area contributed by atoms with Gasteiger partial charge in [0.2, 0.25) is 0 Å². The minimum absolute atomic E-state index is 0.194. The second-order valence-corrected chi connectivity index (χ2v) is 10.6. The van der Waals surface area contributed by atoms with Gasteiger partial charge in [0.1, 0.15) is 11.2 Å². The van der Waals surface area contributed by atoms with Crippen molar-refractivity contribution < 1.29 is 4.42 Å². The van der Waals surface area contributed by atoms with Crippen LogP contribution < -0.4 is 4.90 Å². The average Bonchev–Trinajstić information content (AvgIpc) is 3.53. The summed E-state index contributed by atoms with van der Waals surface area (Å²) in [6.45, 7) is 19.4. The van der Waals surface area contributed by atoms with E-state index in [1.807, 2.05) is 48.5 Å². The Morgan fingerprint density at radius 3 is 2.20 bits per heavy atom. The van der Waals surface area contributed by atoms with Gasteiger partial charge in [-0.2, -0.15) is 0 Å². The van der Waals surface area contributed by atoms with Crippen LogP contribution in [0, 0.1) is 13.1 Å². The number of hydrogen-bond acceptors (Lipinski definition) is 2. The molecular weight excluding hydrogens is 492 g/mol. The van der Waals surface area contributed by atoms with Gasteiger partial charge < -0.3 is 13.9 Å². The highest BCUT2D eigenvalue weighted by Gasteiger charge is 2.32. The summed E-state index contributed by atoms with van der Waals surface area (Å²) in [4.78, 5) is 9.69. The molecule has 5 heteroatoms. The van der Waals surface area contributed by atoms with Gasteiger partial charge in [-0.15, -0.1) is 0 Å². The first-order valence-electron chi connectivity index (χ1n) is 13.3. The van der Waals surface area contributed by atoms with Crippen LogP contribution in [0.2, 0.25) is 0 Å². The number of anilines is 2. The van der Waals surface area contributed by atoms with Gasteiger partial charge in [-0.25, -0.2) is 9.69 Å². The Bertz CT molecular complexity index is 2270. The van der Waals surface area contributed by atoms with Crippen LogP contribution in [-0.2, 0) is 0 Å². The minimum atomic E-state index is 0.194. The summed E-state index contributed by atoms with van der Waals surface area (Å²) in [6.07, 6.45) is 0. The zero-order valence-electron chi connectivity index (χ0n) is 21.9. The fourth-order valence-electron chi connectivity index (χ4n) is 6.36. The molecular formula is C35H22N4O. The lowest BCUT2D eigenvalue weighted by atomic mass is 10.0. The van der Waals surface area contributed by atoms with E-state index in [2.05, 4.69) is 75.5 Å². The molecule has 0 spiro atoms. The fraction of sp³-hybridized carbons (Fsp3) is 0.0857. The Morgan fingerprint density at radius 1 is 0.675 bits per heavy atom. The van der Waals surface area contributed by atoms with Gasteiger partial charge >= 0.3 is 0 Å². The molecule has 0 aliphatic carbocycles. The van der Waals surface area contributed by atoms with E-state index in [1.165, 1.54) is 0 Å². The van der Waals surface area contributed by atoms with Crippen LogP contribution in [0.1, 0.15) is 13.8 Å². The van der Waals surface area contributed by atoms with Crippen molar-refractivity contribution in [1.82, 2.24) is 4.57 Å². The topological polar surface area (TPSA) is 30.0 Å². The summed E-state index contributed by atoms with van der Waals surface area (Å²) in [7, 11) is 0. The summed E-state index contributed by atoms with van der Waals surface area (Å²) in [5, 5.41) is 4.36. The third kappa shape index (κ3) is 2.89. The SMILES string of the molecule is [C-]#[N+]c1ccc(-c2ccc3c(c2)c2c4oc5ccccc5c4cc4c2n3-c2cc([N+]#[C-])ccc2N4C(C)C)cc1. The van der Waals surface area contributed by atoms with Crippen molar-refractivity contribution in [2.45, 2.75) is 19.9 Å². The van der Waals surface area contributed by atoms with Gasteiger partial charge in [0.15, 0.2) is 11.4 Å². The first-order valence-corrected chi connectivity index (χ1v) is 13.3. The highest BCUT2D eigenvalue weighted by molar-refractivity contribution is 6.28. The Hall–Kier alpha value is -5.52. The highest BCUT2D eigenvalue weighted by Crippen LogP contribution is 2.52. The van der Waals surface area contributed by atoms with Gasteiger partial charge in [0.25, 0.3) is 0 Å². The maximum Gasteiger partial charge on any atom is 0.189 e. The Balaban J connectivity index is 1.58. The van der Waals surface area contributed by atoms with E-state index in [1.54, 1.807) is 0 Å². The first-order chi connectivity index (χ1) is 19.6. The van der Waals surface area contributed by atoms with Crippen LogP contribution >= 0.6 is 0 Å². The second kappa shape index (κ2) is 7.99. The van der Waals surface area contributed by atoms with Crippen molar-refractivity contribution >= 4 is 66.5 Å². The molecule has 0 radical (unpaired) electrons. The zero-order chi connectivity index (χ0) is 27.1. The lowest BCUT2D eigenvalue weighted by Gasteiger charge is -2.36. The van der Waals surface area contributed by atoms with Crippen LogP contribution in [0.15, 0.2) is 95.4 Å². The maximum absolute atomic E-state index is 7.70. The number of fused-ring (bicyclic) bond motifs is 9. The molecule has 7 aromatic rings. The van der Waals surface area contributed by atoms with Gasteiger partial charge in [0.05, 0.1) is 46.6 Å². The molecule has 2 aromatic heterocycles. The van der Waals surface area contributed by atoms with Gasteiger partial charge in [-0.05, 0) is 61.4 Å². The van der Waals surface area contributed by atoms with Crippen molar-refractivity contribution in [3.8, 4) is 16.8 Å². The predicted molar refractivity (Wildman–Crippen MR) is 163 cm³/mol. The standard InChI is InChI=1S/C35H22N4O/c1-20(2)38-29-16-14-24(37-4)18-30(29)39-28-15-11-22(21-9-12-23(36-3)13-10-21)17-27(28)33-34(39)31(38)19-26-25-7-5-6-8-32(25)40-35(26)33/h5-20H,1-2H3. The molecule has 0 unspecified atom stereocenters. The van der Waals surface area contributed by atoms with Gasteiger partial charge in [-0.3, -0.25) is 0 Å². The number of hydrogen-bond donors (Lipinski definition) is 0. The normalized spacial score (nSPS) is 12.4. The molecule has 8 rings (SSSR count). The molecule has 0 bridgehead atoms. The molecule has 5 aromatic carbocycles. The highest BCUT2D eigenvalue weighted by atomic mass is 16.3. The van der Waals surface area contributed by atoms with Crippen LogP contribution in [0.4, 0.5) is 22.7 Å². The molecule has 40 heavy (non-hydrogen) atoms. The Morgan fingerprint density at radius 2 is 1.43 bits per heavy atom. The predicted octanol–water partition coefficient (Wildman–Crippen LogP) is 10.3. The molecule has 1 aliphatic heterocycles. The summed E-state index contributed by atoms with van der Waals surface area (Å²) < 4.78 is 8.91. The van der Waals surface area contributed by atoms with Crippen LogP contribution in [0.25, 0.3) is 70.2 Å². The summed E-state index contributed by atoms with van der Waals surface area (Å²) in [5.74, 6) is 0. The Kier molecular flexibility index (Phi) is 4.49. The third-order valence-electron chi connectivity index (χ3n) is 8.05. The number of nitrogens with zero attached hydrogens (tertiary/aromatic N) is 4. The smallest absolute Gasteiger partial charge is 0.189 e. The molecule has 3 heterocycles. The maximum atomic E-state index is 7.70. The molecule has 0 saturated carbocycles. The third-order valence-corrected chi connectivity index (χ3v) is 8.05. The molecule has 5 nitrogen and oxygen atoms in total. The van der Waals surface area contributed by atoms with Crippen LogP contribution in [-0.4, -0.2) is 10.6 Å². The zero-order valence-corrected chi connectivity index (χ0v) is 21.9. The number of furan rings is 1. The van der Waals surface area contributed by atoms with Gasteiger partial charge in [0, 0.05) is 22.2 Å². The number of aromatic nitrogens is 1. The van der Waals surface area contributed by atoms with Gasteiger partial charge in [-0.1, -0.05) is 54.6 Å². The largest absolute Gasteiger partial charge is 0.455 e. The van der Waals surface area contributed by atoms with Crippen molar-refractivity contribution in [3.05, 3.63) is 114 Å². The van der Waals surface area contributed by atoms with Crippen molar-refractivity contribution in [1.29, 1.82) is 0 Å². The second-order valence-electron chi connectivity index (χ2n) is 10.6. The molecule has 0 amide bonds. The first kappa shape index (κ1) is 22.5. The monoisotopic (exact) mass is 514 g/mol. The minimum Gasteiger partial charge on any atom is -0.455 e. The van der Waals surface area contributed by atoms with E-state index >= 15 is 0 Å². The molecule has 1 aliphatic rings. The summed E-state index contributed by atoms with van der Waals surface area (Å²) in [6, 6.07) is 31.0. The quantitative estimate of drug-likeness (QED) is 0.215. The molecule has 188 valence electrons. The van der Waals surface area contributed by atoms with E-state index in [-0.39, 0.29) is 6.04 Å². The van der Waals surface area contributed by atoms with E-state index in [0.29, 0.717) is 11.4 Å². The summed E-state index contributed by atoms with van der Waals surface area (Å²) >= 11 is 0. The van der Waals surface area contributed by atoms with E-state index < -0.39 is 0 Å². The Labute approximate surface area is 230 Å². The molecule has 0 atom stereocenters. The van der Waals surface area contributed by atoms with Crippen LogP contribution in [0.3, 0.4) is 0 Å². The fourth-order valence-corrected chi connectivity index (χ4v) is 6.36. The van der Waals surface area contributed by atoms with Crippen molar-refractivity contribution in [3.63, 3.8) is 0 Å². The average molecular weight is 515 g/mol. The van der Waals surface area contributed by atoms with Crippen LogP contribution in [0.5, 0.6) is 0 Å². The summed E-state index contributed by atoms with van der Waals surface area (Å²) in [5.41, 5.74) is 10.5. The number of rotatable bonds is 2. The lowest BCUT2D eigenvalue weighted by molar-refractivity contribution is 0.673.